The third kappa shape index (κ3) is 4.27. The van der Waals surface area contributed by atoms with E-state index in [-0.39, 0.29) is 24.3 Å². The lowest BCUT2D eigenvalue weighted by Gasteiger charge is -2.28. The van der Waals surface area contributed by atoms with E-state index in [0.717, 1.165) is 19.3 Å². The first kappa shape index (κ1) is 14.9. The van der Waals surface area contributed by atoms with E-state index in [1.54, 1.807) is 0 Å². The van der Waals surface area contributed by atoms with Gasteiger partial charge in [-0.3, -0.25) is 9.59 Å². The van der Waals surface area contributed by atoms with Crippen LogP contribution in [0.3, 0.4) is 0 Å². The van der Waals surface area contributed by atoms with Crippen molar-refractivity contribution in [3.8, 4) is 0 Å². The van der Waals surface area contributed by atoms with Gasteiger partial charge in [-0.1, -0.05) is 12.8 Å². The monoisotopic (exact) mass is 258 g/mol. The molecule has 1 saturated carbocycles. The molecule has 1 aliphatic rings. The molecule has 0 heterocycles. The van der Waals surface area contributed by atoms with E-state index in [2.05, 4.69) is 5.32 Å². The lowest BCUT2D eigenvalue weighted by molar-refractivity contribution is -0.145. The second-order valence-electron chi connectivity index (χ2n) is 4.80. The first-order valence-corrected chi connectivity index (χ1v) is 6.31. The Labute approximate surface area is 107 Å². The number of aliphatic carboxylic acids is 1. The zero-order chi connectivity index (χ0) is 13.5. The van der Waals surface area contributed by atoms with E-state index in [1.165, 1.54) is 7.11 Å². The van der Waals surface area contributed by atoms with E-state index in [1.807, 2.05) is 0 Å². The van der Waals surface area contributed by atoms with E-state index in [9.17, 15) is 9.59 Å². The summed E-state index contributed by atoms with van der Waals surface area (Å²) >= 11 is 0. The number of carboxylic acid groups (broad SMARTS) is 1. The number of carbonyl (C=O) groups excluding carboxylic acids is 1. The molecular weight excluding hydrogens is 236 g/mol. The van der Waals surface area contributed by atoms with Crippen LogP contribution in [-0.2, 0) is 14.3 Å². The van der Waals surface area contributed by atoms with Gasteiger partial charge in [-0.15, -0.1) is 0 Å². The van der Waals surface area contributed by atoms with Crippen molar-refractivity contribution in [2.24, 2.45) is 17.6 Å². The molecule has 6 heteroatoms. The average molecular weight is 258 g/mol. The topological polar surface area (TPSA) is 102 Å². The standard InChI is InChI=1S/C12H22N2O4/c1-18-7-10(13)11(15)14-6-8-4-2-3-5-9(8)12(16)17/h8-10H,2-7,13H2,1H3,(H,14,15)(H,16,17). The highest BCUT2D eigenvalue weighted by Crippen LogP contribution is 2.29. The van der Waals surface area contributed by atoms with Gasteiger partial charge in [-0.25, -0.2) is 0 Å². The summed E-state index contributed by atoms with van der Waals surface area (Å²) in [4.78, 5) is 22.7. The van der Waals surface area contributed by atoms with Crippen LogP contribution in [0.5, 0.6) is 0 Å². The van der Waals surface area contributed by atoms with Crippen LogP contribution in [0, 0.1) is 11.8 Å². The lowest BCUT2D eigenvalue weighted by Crippen LogP contribution is -2.46. The third-order valence-electron chi connectivity index (χ3n) is 3.45. The molecule has 1 amide bonds. The van der Waals surface area contributed by atoms with Crippen molar-refractivity contribution in [2.45, 2.75) is 31.7 Å². The van der Waals surface area contributed by atoms with Crippen LogP contribution in [-0.4, -0.2) is 43.3 Å². The van der Waals surface area contributed by atoms with Crippen molar-refractivity contribution in [2.75, 3.05) is 20.3 Å². The molecule has 6 nitrogen and oxygen atoms in total. The summed E-state index contributed by atoms with van der Waals surface area (Å²) in [5.41, 5.74) is 5.58. The predicted molar refractivity (Wildman–Crippen MR) is 65.9 cm³/mol. The van der Waals surface area contributed by atoms with Crippen LogP contribution >= 0.6 is 0 Å². The number of nitrogens with one attached hydrogen (secondary N) is 1. The Kier molecular flexibility index (Phi) is 6.07. The molecule has 0 aromatic rings. The summed E-state index contributed by atoms with van der Waals surface area (Å²) in [6.45, 7) is 0.548. The van der Waals surface area contributed by atoms with Gasteiger partial charge in [-0.2, -0.15) is 0 Å². The quantitative estimate of drug-likeness (QED) is 0.621. The zero-order valence-electron chi connectivity index (χ0n) is 10.7. The fraction of sp³-hybridized carbons (Fsp3) is 0.833. The Morgan fingerprint density at radius 3 is 2.72 bits per heavy atom. The van der Waals surface area contributed by atoms with Gasteiger partial charge < -0.3 is 20.9 Å². The second-order valence-corrected chi connectivity index (χ2v) is 4.80. The van der Waals surface area contributed by atoms with Gasteiger partial charge in [0.1, 0.15) is 6.04 Å². The molecular formula is C12H22N2O4. The number of methoxy groups -OCH3 is 1. The van der Waals surface area contributed by atoms with Crippen LogP contribution in [0.15, 0.2) is 0 Å². The molecule has 1 aliphatic carbocycles. The maximum absolute atomic E-state index is 11.6. The summed E-state index contributed by atoms with van der Waals surface area (Å²) < 4.78 is 4.80. The summed E-state index contributed by atoms with van der Waals surface area (Å²) in [7, 11) is 1.48. The van der Waals surface area contributed by atoms with Gasteiger partial charge in [0.15, 0.2) is 0 Å². The molecule has 1 fully saturated rings. The molecule has 104 valence electrons. The SMILES string of the molecule is COCC(N)C(=O)NCC1CCCCC1C(=O)O. The molecule has 0 aliphatic heterocycles. The Hall–Kier alpha value is -1.14. The number of carboxylic acids is 1. The molecule has 4 N–H and O–H groups in total. The molecule has 0 bridgehead atoms. The zero-order valence-corrected chi connectivity index (χ0v) is 10.7. The molecule has 0 aromatic heterocycles. The van der Waals surface area contributed by atoms with Gasteiger partial charge in [-0.05, 0) is 18.8 Å². The van der Waals surface area contributed by atoms with Gasteiger partial charge in [0, 0.05) is 13.7 Å². The van der Waals surface area contributed by atoms with E-state index in [0.29, 0.717) is 13.0 Å². The van der Waals surface area contributed by atoms with Crippen molar-refractivity contribution < 1.29 is 19.4 Å². The predicted octanol–water partition coefficient (Wildman–Crippen LogP) is -0.0327. The largest absolute Gasteiger partial charge is 0.481 e. The molecule has 0 saturated heterocycles. The molecule has 3 unspecified atom stereocenters. The molecule has 18 heavy (non-hydrogen) atoms. The summed E-state index contributed by atoms with van der Waals surface area (Å²) in [6, 6.07) is -0.693. The van der Waals surface area contributed by atoms with E-state index >= 15 is 0 Å². The normalized spacial score (nSPS) is 25.4. The number of rotatable bonds is 6. The fourth-order valence-electron chi connectivity index (χ4n) is 2.40. The Balaban J connectivity index is 2.40. The minimum absolute atomic E-state index is 0.00921. The minimum Gasteiger partial charge on any atom is -0.481 e. The lowest BCUT2D eigenvalue weighted by atomic mass is 9.79. The van der Waals surface area contributed by atoms with Gasteiger partial charge in [0.05, 0.1) is 12.5 Å². The number of hydrogen-bond acceptors (Lipinski definition) is 4. The van der Waals surface area contributed by atoms with E-state index in [4.69, 9.17) is 15.6 Å². The number of ether oxygens (including phenoxy) is 1. The summed E-state index contributed by atoms with van der Waals surface area (Å²) in [6.07, 6.45) is 3.51. The molecule has 3 atom stereocenters. The molecule has 0 spiro atoms. The average Bonchev–Trinajstić information content (AvgIpc) is 2.36. The number of carbonyl (C=O) groups is 2. The first-order chi connectivity index (χ1) is 8.56. The van der Waals surface area contributed by atoms with Crippen LogP contribution in [0.2, 0.25) is 0 Å². The van der Waals surface area contributed by atoms with Crippen LogP contribution in [0.25, 0.3) is 0 Å². The van der Waals surface area contributed by atoms with Crippen molar-refractivity contribution in [3.05, 3.63) is 0 Å². The molecule has 1 rings (SSSR count). The van der Waals surface area contributed by atoms with Crippen LogP contribution in [0.1, 0.15) is 25.7 Å². The number of nitrogens with two attached hydrogens (primary N) is 1. The third-order valence-corrected chi connectivity index (χ3v) is 3.45. The molecule has 0 aromatic carbocycles. The highest BCUT2D eigenvalue weighted by molar-refractivity contribution is 5.81. The maximum atomic E-state index is 11.6. The van der Waals surface area contributed by atoms with Gasteiger partial charge in [0.2, 0.25) is 5.91 Å². The fourth-order valence-corrected chi connectivity index (χ4v) is 2.40. The van der Waals surface area contributed by atoms with Crippen molar-refractivity contribution in [3.63, 3.8) is 0 Å². The smallest absolute Gasteiger partial charge is 0.306 e. The highest BCUT2D eigenvalue weighted by Gasteiger charge is 2.31. The highest BCUT2D eigenvalue weighted by atomic mass is 16.5. The second kappa shape index (κ2) is 7.33. The van der Waals surface area contributed by atoms with Gasteiger partial charge >= 0.3 is 5.97 Å². The van der Waals surface area contributed by atoms with E-state index < -0.39 is 12.0 Å². The van der Waals surface area contributed by atoms with Crippen LogP contribution in [0.4, 0.5) is 0 Å². The van der Waals surface area contributed by atoms with Crippen LogP contribution < -0.4 is 11.1 Å². The first-order valence-electron chi connectivity index (χ1n) is 6.31. The summed E-state index contributed by atoms with van der Waals surface area (Å²) in [5, 5.41) is 11.8. The van der Waals surface area contributed by atoms with Gasteiger partial charge in [0.25, 0.3) is 0 Å². The Bertz CT molecular complexity index is 296. The van der Waals surface area contributed by atoms with Crippen molar-refractivity contribution >= 4 is 11.9 Å². The number of amides is 1. The minimum atomic E-state index is -0.768. The van der Waals surface area contributed by atoms with Crippen molar-refractivity contribution in [1.29, 1.82) is 0 Å². The Morgan fingerprint density at radius 2 is 2.11 bits per heavy atom. The Morgan fingerprint density at radius 1 is 1.44 bits per heavy atom. The summed E-state index contributed by atoms with van der Waals surface area (Å²) in [5.74, 6) is -1.39. The van der Waals surface area contributed by atoms with Crippen molar-refractivity contribution in [1.82, 2.24) is 5.32 Å². The maximum Gasteiger partial charge on any atom is 0.306 e. The molecule has 0 radical (unpaired) electrons. The number of hydrogen-bond donors (Lipinski definition) is 3.